The van der Waals surface area contributed by atoms with Gasteiger partial charge >= 0.3 is 6.03 Å². The Morgan fingerprint density at radius 3 is 2.25 bits per heavy atom. The molecule has 0 aliphatic carbocycles. The van der Waals surface area contributed by atoms with Crippen LogP contribution in [0.25, 0.3) is 0 Å². The first kappa shape index (κ1) is 29.5. The van der Waals surface area contributed by atoms with E-state index < -0.39 is 0 Å². The Hall–Kier alpha value is -3.47. The Morgan fingerprint density at radius 1 is 1.02 bits per heavy atom. The average molecular weight is 590 g/mol. The molecular formula is C28H34Cl2N6O4. The fourth-order valence-corrected chi connectivity index (χ4v) is 5.15. The minimum absolute atomic E-state index is 0.167. The summed E-state index contributed by atoms with van der Waals surface area (Å²) in [6, 6.07) is 8.86. The molecule has 4 rings (SSSR count). The summed E-state index contributed by atoms with van der Waals surface area (Å²) in [4.78, 5) is 28.2. The van der Waals surface area contributed by atoms with Crippen LogP contribution in [-0.2, 0) is 6.54 Å². The number of fused-ring (bicyclic) bond motifs is 1. The summed E-state index contributed by atoms with van der Waals surface area (Å²) in [5.74, 6) is 2.36. The van der Waals surface area contributed by atoms with Gasteiger partial charge in [0.05, 0.1) is 26.5 Å². The van der Waals surface area contributed by atoms with Crippen molar-refractivity contribution in [2.24, 2.45) is 0 Å². The largest absolute Gasteiger partial charge is 0.495 e. The Balaban J connectivity index is 1.54. The van der Waals surface area contributed by atoms with Crippen LogP contribution in [0, 0.1) is 0 Å². The summed E-state index contributed by atoms with van der Waals surface area (Å²) in [6.07, 6.45) is 1.69. The maximum Gasteiger partial charge on any atom is 0.330 e. The number of amides is 2. The number of aromatic nitrogens is 2. The lowest BCUT2D eigenvalue weighted by Crippen LogP contribution is -2.48. The molecule has 0 radical (unpaired) electrons. The molecule has 0 saturated heterocycles. The van der Waals surface area contributed by atoms with Gasteiger partial charge in [0.2, 0.25) is 5.95 Å². The van der Waals surface area contributed by atoms with Gasteiger partial charge in [-0.05, 0) is 44.3 Å². The van der Waals surface area contributed by atoms with Gasteiger partial charge < -0.3 is 24.4 Å². The number of anilines is 4. The molecule has 1 N–H and O–H groups in total. The predicted molar refractivity (Wildman–Crippen MR) is 159 cm³/mol. The van der Waals surface area contributed by atoms with Gasteiger partial charge in [0.15, 0.2) is 0 Å². The average Bonchev–Trinajstić information content (AvgIpc) is 2.97. The van der Waals surface area contributed by atoms with Gasteiger partial charge in [-0.3, -0.25) is 9.80 Å². The number of urea groups is 1. The maximum atomic E-state index is 13.7. The van der Waals surface area contributed by atoms with Gasteiger partial charge in [0.25, 0.3) is 0 Å². The van der Waals surface area contributed by atoms with Crippen LogP contribution >= 0.6 is 23.2 Å². The van der Waals surface area contributed by atoms with Gasteiger partial charge in [0, 0.05) is 36.6 Å². The van der Waals surface area contributed by atoms with Crippen LogP contribution in [0.1, 0.15) is 26.3 Å². The minimum Gasteiger partial charge on any atom is -0.495 e. The molecule has 1 aliphatic rings. The van der Waals surface area contributed by atoms with Crippen molar-refractivity contribution >= 4 is 52.4 Å². The smallest absolute Gasteiger partial charge is 0.330 e. The lowest BCUT2D eigenvalue weighted by atomic mass is 10.1. The number of hydrogen-bond acceptors (Lipinski definition) is 8. The molecular weight excluding hydrogens is 555 g/mol. The summed E-state index contributed by atoms with van der Waals surface area (Å²) in [6.45, 7) is 10.2. The molecule has 1 aromatic heterocycles. The van der Waals surface area contributed by atoms with E-state index in [-0.39, 0.29) is 22.6 Å². The number of rotatable bonds is 12. The highest BCUT2D eigenvalue weighted by Gasteiger charge is 2.36. The van der Waals surface area contributed by atoms with Gasteiger partial charge in [0.1, 0.15) is 39.7 Å². The third-order valence-corrected chi connectivity index (χ3v) is 7.44. The first-order chi connectivity index (χ1) is 19.3. The number of ether oxygens (including phenoxy) is 3. The number of likely N-dealkylation sites (N-methyl/N-ethyl adjacent to an activating group) is 1. The van der Waals surface area contributed by atoms with E-state index >= 15 is 0 Å². The van der Waals surface area contributed by atoms with Crippen molar-refractivity contribution in [3.8, 4) is 17.2 Å². The topological polar surface area (TPSA) is 92.3 Å². The molecule has 1 aliphatic heterocycles. The molecule has 12 heteroatoms. The summed E-state index contributed by atoms with van der Waals surface area (Å²) < 4.78 is 16.6. The van der Waals surface area contributed by atoms with E-state index in [9.17, 15) is 4.79 Å². The Kier molecular flexibility index (Phi) is 9.78. The summed E-state index contributed by atoms with van der Waals surface area (Å²) >= 11 is 13.2. The van der Waals surface area contributed by atoms with Crippen molar-refractivity contribution in [3.63, 3.8) is 0 Å². The first-order valence-corrected chi connectivity index (χ1v) is 13.9. The van der Waals surface area contributed by atoms with Crippen molar-refractivity contribution in [1.29, 1.82) is 0 Å². The number of nitrogens with zero attached hydrogens (tertiary/aromatic N) is 5. The molecule has 214 valence electrons. The van der Waals surface area contributed by atoms with Crippen molar-refractivity contribution in [1.82, 2.24) is 14.9 Å². The van der Waals surface area contributed by atoms with Crippen LogP contribution in [0.2, 0.25) is 10.0 Å². The number of hydrogen-bond donors (Lipinski definition) is 1. The van der Waals surface area contributed by atoms with E-state index in [4.69, 9.17) is 37.4 Å². The zero-order valence-corrected chi connectivity index (χ0v) is 24.8. The van der Waals surface area contributed by atoms with Crippen molar-refractivity contribution in [3.05, 3.63) is 52.1 Å². The quantitative estimate of drug-likeness (QED) is 0.266. The second-order valence-electron chi connectivity index (χ2n) is 8.94. The van der Waals surface area contributed by atoms with Crippen LogP contribution in [0.4, 0.5) is 27.9 Å². The third-order valence-electron chi connectivity index (χ3n) is 6.71. The minimum atomic E-state index is -0.329. The highest BCUT2D eigenvalue weighted by molar-refractivity contribution is 6.42. The van der Waals surface area contributed by atoms with E-state index in [1.54, 1.807) is 17.2 Å². The van der Waals surface area contributed by atoms with E-state index in [0.29, 0.717) is 42.1 Å². The molecule has 0 spiro atoms. The normalized spacial score (nSPS) is 12.9. The van der Waals surface area contributed by atoms with Gasteiger partial charge in [-0.25, -0.2) is 9.78 Å². The SMILES string of the molecule is CCN(CC)CCOc1ccc(Nc2ncc3c(n2)N(CC)C(=O)N(c2c(Cl)c(OC)cc(OC)c2Cl)C3)cc1. The second kappa shape index (κ2) is 13.3. The molecule has 0 saturated carbocycles. The van der Waals surface area contributed by atoms with Crippen molar-refractivity contribution in [2.75, 3.05) is 62.1 Å². The number of benzene rings is 2. The first-order valence-electron chi connectivity index (χ1n) is 13.1. The highest BCUT2D eigenvalue weighted by atomic mass is 35.5. The van der Waals surface area contributed by atoms with Crippen LogP contribution in [0.5, 0.6) is 17.2 Å². The zero-order chi connectivity index (χ0) is 28.8. The molecule has 3 aromatic rings. The van der Waals surface area contributed by atoms with Gasteiger partial charge in [-0.2, -0.15) is 4.98 Å². The zero-order valence-electron chi connectivity index (χ0n) is 23.3. The third kappa shape index (κ3) is 6.14. The Bertz CT molecular complexity index is 1310. The summed E-state index contributed by atoms with van der Waals surface area (Å²) in [5.41, 5.74) is 1.83. The number of carbonyl (C=O) groups is 1. The van der Waals surface area contributed by atoms with E-state index in [0.717, 1.165) is 36.6 Å². The molecule has 10 nitrogen and oxygen atoms in total. The second-order valence-corrected chi connectivity index (χ2v) is 9.69. The molecule has 2 heterocycles. The number of halogens is 2. The maximum absolute atomic E-state index is 13.7. The number of nitrogens with one attached hydrogen (secondary N) is 1. The Morgan fingerprint density at radius 2 is 1.68 bits per heavy atom. The van der Waals surface area contributed by atoms with Gasteiger partial charge in [-0.1, -0.05) is 37.0 Å². The number of methoxy groups -OCH3 is 2. The van der Waals surface area contributed by atoms with Crippen LogP contribution < -0.4 is 29.3 Å². The fraction of sp³-hybridized carbons (Fsp3) is 0.393. The molecule has 0 fully saturated rings. The summed E-state index contributed by atoms with van der Waals surface area (Å²) in [7, 11) is 2.97. The lowest BCUT2D eigenvalue weighted by molar-refractivity contribution is 0.223. The molecule has 0 atom stereocenters. The fourth-order valence-electron chi connectivity index (χ4n) is 4.44. The molecule has 0 unspecified atom stereocenters. The molecule has 40 heavy (non-hydrogen) atoms. The molecule has 2 amide bonds. The van der Waals surface area contributed by atoms with Crippen LogP contribution in [0.3, 0.4) is 0 Å². The highest BCUT2D eigenvalue weighted by Crippen LogP contribution is 2.47. The van der Waals surface area contributed by atoms with Crippen molar-refractivity contribution < 1.29 is 19.0 Å². The Labute approximate surface area is 244 Å². The van der Waals surface area contributed by atoms with E-state index in [2.05, 4.69) is 34.0 Å². The number of carbonyl (C=O) groups excluding carboxylic acids is 1. The monoisotopic (exact) mass is 588 g/mol. The van der Waals surface area contributed by atoms with E-state index in [1.807, 2.05) is 31.2 Å². The van der Waals surface area contributed by atoms with Crippen molar-refractivity contribution in [2.45, 2.75) is 27.3 Å². The lowest BCUT2D eigenvalue weighted by Gasteiger charge is -2.36. The predicted octanol–water partition coefficient (Wildman–Crippen LogP) is 6.23. The van der Waals surface area contributed by atoms with Crippen LogP contribution in [-0.4, -0.2) is 67.9 Å². The van der Waals surface area contributed by atoms with Crippen LogP contribution in [0.15, 0.2) is 36.5 Å². The van der Waals surface area contributed by atoms with E-state index in [1.165, 1.54) is 19.1 Å². The summed E-state index contributed by atoms with van der Waals surface area (Å²) in [5, 5.41) is 3.63. The standard InChI is InChI=1S/C28H34Cl2N6O4/c1-6-34(7-2)13-14-40-20-11-9-19(10-12-20)32-27-31-16-18-17-36(28(37)35(8-3)26(18)33-27)25-23(29)21(38-4)15-22(39-5)24(25)30/h9-12,15-16H,6-8,13-14,17H2,1-5H3,(H,31,32,33). The molecule has 0 bridgehead atoms. The van der Waals surface area contributed by atoms with Gasteiger partial charge in [-0.15, -0.1) is 0 Å². The molecule has 2 aromatic carbocycles.